The van der Waals surface area contributed by atoms with Gasteiger partial charge in [-0.1, -0.05) is 17.7 Å². The van der Waals surface area contributed by atoms with Crippen molar-refractivity contribution >= 4 is 45.4 Å². The molecule has 2 aromatic rings. The molecule has 0 aliphatic carbocycles. The second-order valence-electron chi connectivity index (χ2n) is 5.89. The van der Waals surface area contributed by atoms with E-state index in [1.54, 1.807) is 11.3 Å². The van der Waals surface area contributed by atoms with Crippen LogP contribution in [0.1, 0.15) is 11.3 Å². The fourth-order valence-corrected chi connectivity index (χ4v) is 3.46. The number of hydrazine groups is 1. The van der Waals surface area contributed by atoms with E-state index >= 15 is 0 Å². The number of carbonyl (C=O) groups is 1. The number of carbonyl (C=O) groups excluding carboxylic acids is 1. The van der Waals surface area contributed by atoms with Crippen LogP contribution in [0.2, 0.25) is 0 Å². The summed E-state index contributed by atoms with van der Waals surface area (Å²) in [6.07, 6.45) is 0.195. The first kappa shape index (κ1) is 18.6. The van der Waals surface area contributed by atoms with Gasteiger partial charge in [0.2, 0.25) is 5.91 Å². The molecule has 7 nitrogen and oxygen atoms in total. The van der Waals surface area contributed by atoms with E-state index in [4.69, 9.17) is 17.0 Å². The van der Waals surface area contributed by atoms with Crippen LogP contribution in [0.15, 0.2) is 29.6 Å². The van der Waals surface area contributed by atoms with Crippen LogP contribution in [0.3, 0.4) is 0 Å². The third-order valence-electron chi connectivity index (χ3n) is 3.79. The molecule has 1 aromatic carbocycles. The van der Waals surface area contributed by atoms with Crippen molar-refractivity contribution in [3.8, 4) is 0 Å². The molecule has 0 bridgehead atoms. The van der Waals surface area contributed by atoms with Crippen molar-refractivity contribution in [2.75, 3.05) is 36.5 Å². The SMILES string of the molecule is Cc1ccc(NC(=S)NNC(=O)Cc2csc(N3CCOCC3)n2)cc1. The molecule has 1 fully saturated rings. The maximum atomic E-state index is 12.1. The van der Waals surface area contributed by atoms with Crippen LogP contribution in [-0.2, 0) is 16.0 Å². The lowest BCUT2D eigenvalue weighted by Crippen LogP contribution is -2.44. The molecule has 138 valence electrons. The van der Waals surface area contributed by atoms with Gasteiger partial charge in [0.15, 0.2) is 10.2 Å². The molecule has 1 amide bonds. The minimum atomic E-state index is -0.197. The Morgan fingerprint density at radius 1 is 1.27 bits per heavy atom. The van der Waals surface area contributed by atoms with Gasteiger partial charge in [0.25, 0.3) is 0 Å². The summed E-state index contributed by atoms with van der Waals surface area (Å²) in [7, 11) is 0. The molecular weight excluding hydrogens is 370 g/mol. The molecule has 1 aliphatic heterocycles. The summed E-state index contributed by atoms with van der Waals surface area (Å²) in [4.78, 5) is 18.8. The highest BCUT2D eigenvalue weighted by atomic mass is 32.1. The average Bonchev–Trinajstić information content (AvgIpc) is 3.11. The zero-order valence-electron chi connectivity index (χ0n) is 14.4. The Kier molecular flexibility index (Phi) is 6.37. The number of thiocarbonyl (C=S) groups is 1. The standard InChI is InChI=1S/C17H21N5O2S2/c1-12-2-4-13(5-3-12)18-16(25)21-20-15(23)10-14-11-26-17(19-14)22-6-8-24-9-7-22/h2-5,11H,6-10H2,1H3,(H,20,23)(H2,18,21,25). The molecule has 1 saturated heterocycles. The van der Waals surface area contributed by atoms with E-state index < -0.39 is 0 Å². The van der Waals surface area contributed by atoms with Crippen molar-refractivity contribution < 1.29 is 9.53 Å². The summed E-state index contributed by atoms with van der Waals surface area (Å²) < 4.78 is 5.34. The highest BCUT2D eigenvalue weighted by molar-refractivity contribution is 7.80. The van der Waals surface area contributed by atoms with Gasteiger partial charge in [-0.25, -0.2) is 4.98 Å². The summed E-state index contributed by atoms with van der Waals surface area (Å²) >= 11 is 6.72. The monoisotopic (exact) mass is 391 g/mol. The molecule has 26 heavy (non-hydrogen) atoms. The Balaban J connectivity index is 1.43. The number of aromatic nitrogens is 1. The summed E-state index contributed by atoms with van der Waals surface area (Å²) in [5, 5.41) is 6.18. The Morgan fingerprint density at radius 3 is 2.73 bits per heavy atom. The average molecular weight is 392 g/mol. The van der Waals surface area contributed by atoms with E-state index in [0.29, 0.717) is 18.3 Å². The van der Waals surface area contributed by atoms with Crippen LogP contribution in [0.5, 0.6) is 0 Å². The smallest absolute Gasteiger partial charge is 0.244 e. The molecule has 0 saturated carbocycles. The van der Waals surface area contributed by atoms with Gasteiger partial charge in [-0.15, -0.1) is 11.3 Å². The molecule has 1 aromatic heterocycles. The minimum absolute atomic E-state index is 0.195. The fourth-order valence-electron chi connectivity index (χ4n) is 2.41. The second kappa shape index (κ2) is 8.93. The van der Waals surface area contributed by atoms with Crippen LogP contribution >= 0.6 is 23.6 Å². The Hall–Kier alpha value is -2.23. The molecule has 0 atom stereocenters. The number of anilines is 2. The van der Waals surface area contributed by atoms with E-state index in [-0.39, 0.29) is 12.3 Å². The Bertz CT molecular complexity index is 757. The van der Waals surface area contributed by atoms with Gasteiger partial charge in [0, 0.05) is 24.2 Å². The number of thiazole rings is 1. The van der Waals surface area contributed by atoms with Crippen LogP contribution in [-0.4, -0.2) is 42.3 Å². The van der Waals surface area contributed by atoms with E-state index in [9.17, 15) is 4.79 Å². The normalized spacial score (nSPS) is 14.0. The lowest BCUT2D eigenvalue weighted by Gasteiger charge is -2.26. The zero-order chi connectivity index (χ0) is 18.4. The largest absolute Gasteiger partial charge is 0.378 e. The minimum Gasteiger partial charge on any atom is -0.378 e. The molecule has 9 heteroatoms. The quantitative estimate of drug-likeness (QED) is 0.542. The van der Waals surface area contributed by atoms with Gasteiger partial charge in [-0.3, -0.25) is 15.6 Å². The van der Waals surface area contributed by atoms with Crippen LogP contribution in [0.4, 0.5) is 10.8 Å². The summed E-state index contributed by atoms with van der Waals surface area (Å²) in [5.41, 5.74) is 8.07. The Morgan fingerprint density at radius 2 is 2.00 bits per heavy atom. The molecule has 0 spiro atoms. The van der Waals surface area contributed by atoms with Gasteiger partial charge < -0.3 is 15.0 Å². The van der Waals surface area contributed by atoms with Gasteiger partial charge in [-0.2, -0.15) is 0 Å². The summed E-state index contributed by atoms with van der Waals surface area (Å²) in [6.45, 7) is 5.11. The number of hydrogen-bond acceptors (Lipinski definition) is 6. The predicted octanol–water partition coefficient (Wildman–Crippen LogP) is 1.85. The highest BCUT2D eigenvalue weighted by Crippen LogP contribution is 2.21. The van der Waals surface area contributed by atoms with E-state index in [1.807, 2.05) is 36.6 Å². The maximum Gasteiger partial charge on any atom is 0.244 e. The molecule has 1 aliphatic rings. The number of nitrogens with zero attached hydrogens (tertiary/aromatic N) is 2. The number of hydrogen-bond donors (Lipinski definition) is 3. The van der Waals surface area contributed by atoms with Crippen molar-refractivity contribution in [1.82, 2.24) is 15.8 Å². The first-order valence-corrected chi connectivity index (χ1v) is 9.58. The number of nitrogens with one attached hydrogen (secondary N) is 3. The zero-order valence-corrected chi connectivity index (χ0v) is 16.1. The van der Waals surface area contributed by atoms with Crippen molar-refractivity contribution in [2.45, 2.75) is 13.3 Å². The second-order valence-corrected chi connectivity index (χ2v) is 7.14. The molecule has 0 radical (unpaired) electrons. The van der Waals surface area contributed by atoms with Crippen molar-refractivity contribution in [3.05, 3.63) is 40.9 Å². The molecule has 3 N–H and O–H groups in total. The molecule has 2 heterocycles. The number of amides is 1. The van der Waals surface area contributed by atoms with Crippen LogP contribution < -0.4 is 21.1 Å². The third kappa shape index (κ3) is 5.38. The number of ether oxygens (including phenoxy) is 1. The highest BCUT2D eigenvalue weighted by Gasteiger charge is 2.15. The van der Waals surface area contributed by atoms with Crippen molar-refractivity contribution in [3.63, 3.8) is 0 Å². The third-order valence-corrected chi connectivity index (χ3v) is 4.94. The fraction of sp³-hybridized carbons (Fsp3) is 0.353. The number of rotatable bonds is 4. The lowest BCUT2D eigenvalue weighted by molar-refractivity contribution is -0.121. The number of aryl methyl sites for hydroxylation is 1. The van der Waals surface area contributed by atoms with Gasteiger partial charge in [0.05, 0.1) is 25.3 Å². The first-order chi connectivity index (χ1) is 12.6. The van der Waals surface area contributed by atoms with E-state index in [2.05, 4.69) is 26.1 Å². The summed E-state index contributed by atoms with van der Waals surface area (Å²) in [5.74, 6) is -0.197. The lowest BCUT2D eigenvalue weighted by atomic mass is 10.2. The first-order valence-electron chi connectivity index (χ1n) is 8.30. The maximum absolute atomic E-state index is 12.1. The van der Waals surface area contributed by atoms with Gasteiger partial charge >= 0.3 is 0 Å². The van der Waals surface area contributed by atoms with Crippen molar-refractivity contribution in [2.24, 2.45) is 0 Å². The predicted molar refractivity (Wildman–Crippen MR) is 108 cm³/mol. The van der Waals surface area contributed by atoms with Gasteiger partial charge in [-0.05, 0) is 31.3 Å². The van der Waals surface area contributed by atoms with Gasteiger partial charge in [0.1, 0.15) is 0 Å². The molecule has 3 rings (SSSR count). The van der Waals surface area contributed by atoms with Crippen molar-refractivity contribution in [1.29, 1.82) is 0 Å². The molecular formula is C17H21N5O2S2. The van der Waals surface area contributed by atoms with E-state index in [1.165, 1.54) is 5.56 Å². The van der Waals surface area contributed by atoms with E-state index in [0.717, 1.165) is 29.6 Å². The summed E-state index contributed by atoms with van der Waals surface area (Å²) in [6, 6.07) is 7.82. The van der Waals surface area contributed by atoms with Crippen LogP contribution in [0, 0.1) is 6.92 Å². The Labute approximate surface area is 161 Å². The molecule has 0 unspecified atom stereocenters. The number of benzene rings is 1. The topological polar surface area (TPSA) is 78.5 Å². The number of morpholine rings is 1. The van der Waals surface area contributed by atoms with Crippen LogP contribution in [0.25, 0.3) is 0 Å².